The first kappa shape index (κ1) is 10.9. The zero-order chi connectivity index (χ0) is 9.42. The van der Waals surface area contributed by atoms with E-state index < -0.39 is 6.04 Å². The molecule has 0 fully saturated rings. The van der Waals surface area contributed by atoms with Gasteiger partial charge in [0.15, 0.2) is 0 Å². The van der Waals surface area contributed by atoms with E-state index in [4.69, 9.17) is 5.73 Å². The Kier molecular flexibility index (Phi) is 3.08. The highest BCUT2D eigenvalue weighted by atomic mass is 35.5. The van der Waals surface area contributed by atoms with E-state index in [0.29, 0.717) is 12.1 Å². The molecule has 1 amide bonds. The van der Waals surface area contributed by atoms with Gasteiger partial charge in [0.1, 0.15) is 5.82 Å². The molecule has 5 heteroatoms. The predicted octanol–water partition coefficient (Wildman–Crippen LogP) is 1.07. The molecule has 0 spiro atoms. The standard InChI is InChI=1S/C9H9FN2O.ClH/c10-6-1-2-8-5(3-6)4-7(11)9(13)12-8;/h1-3,7H,4,11H2,(H,12,13);1H. The van der Waals surface area contributed by atoms with Crippen molar-refractivity contribution in [3.05, 3.63) is 29.6 Å². The molecule has 1 heterocycles. The molecule has 1 aliphatic rings. The van der Waals surface area contributed by atoms with Crippen molar-refractivity contribution >= 4 is 24.0 Å². The molecule has 14 heavy (non-hydrogen) atoms. The summed E-state index contributed by atoms with van der Waals surface area (Å²) >= 11 is 0. The molecule has 1 aromatic rings. The maximum atomic E-state index is 12.8. The third-order valence-corrected chi connectivity index (χ3v) is 2.10. The highest BCUT2D eigenvalue weighted by Gasteiger charge is 2.22. The van der Waals surface area contributed by atoms with Gasteiger partial charge in [0, 0.05) is 5.69 Å². The van der Waals surface area contributed by atoms with Crippen molar-refractivity contribution < 1.29 is 9.18 Å². The molecule has 0 saturated heterocycles. The number of anilines is 1. The van der Waals surface area contributed by atoms with Gasteiger partial charge in [-0.1, -0.05) is 0 Å². The number of halogens is 2. The van der Waals surface area contributed by atoms with Crippen LogP contribution < -0.4 is 11.1 Å². The lowest BCUT2D eigenvalue weighted by Gasteiger charge is -2.21. The van der Waals surface area contributed by atoms with Crippen LogP contribution in [-0.2, 0) is 11.2 Å². The maximum Gasteiger partial charge on any atom is 0.241 e. The molecular formula is C9H10ClFN2O. The van der Waals surface area contributed by atoms with Gasteiger partial charge < -0.3 is 11.1 Å². The highest BCUT2D eigenvalue weighted by Crippen LogP contribution is 2.22. The van der Waals surface area contributed by atoms with Crippen LogP contribution in [-0.4, -0.2) is 11.9 Å². The lowest BCUT2D eigenvalue weighted by molar-refractivity contribution is -0.117. The SMILES string of the molecule is Cl.NC1Cc2cc(F)ccc2NC1=O. The Balaban J connectivity index is 0.000000980. The summed E-state index contributed by atoms with van der Waals surface area (Å²) in [5.74, 6) is -0.513. The fourth-order valence-corrected chi connectivity index (χ4v) is 1.41. The van der Waals surface area contributed by atoms with Gasteiger partial charge in [-0.2, -0.15) is 0 Å². The summed E-state index contributed by atoms with van der Waals surface area (Å²) in [5, 5.41) is 2.61. The van der Waals surface area contributed by atoms with E-state index in [2.05, 4.69) is 5.32 Å². The Morgan fingerprint density at radius 1 is 1.50 bits per heavy atom. The fraction of sp³-hybridized carbons (Fsp3) is 0.222. The number of rotatable bonds is 0. The first-order valence-corrected chi connectivity index (χ1v) is 4.01. The van der Waals surface area contributed by atoms with Gasteiger partial charge in [-0.05, 0) is 30.2 Å². The number of benzene rings is 1. The summed E-state index contributed by atoms with van der Waals surface area (Å²) in [6.07, 6.45) is 0.402. The molecule has 1 atom stereocenters. The molecular weight excluding hydrogens is 207 g/mol. The van der Waals surface area contributed by atoms with Gasteiger partial charge in [0.05, 0.1) is 6.04 Å². The number of nitrogens with one attached hydrogen (secondary N) is 1. The van der Waals surface area contributed by atoms with Crippen molar-refractivity contribution in [2.45, 2.75) is 12.5 Å². The summed E-state index contributed by atoms with van der Waals surface area (Å²) in [6.45, 7) is 0. The second-order valence-corrected chi connectivity index (χ2v) is 3.10. The predicted molar refractivity (Wildman–Crippen MR) is 54.0 cm³/mol. The number of hydrogen-bond donors (Lipinski definition) is 2. The van der Waals surface area contributed by atoms with Gasteiger partial charge in [-0.15, -0.1) is 12.4 Å². The topological polar surface area (TPSA) is 55.1 Å². The molecule has 1 unspecified atom stereocenters. The Morgan fingerprint density at radius 3 is 2.93 bits per heavy atom. The molecule has 0 aliphatic carbocycles. The van der Waals surface area contributed by atoms with Crippen LogP contribution in [0.3, 0.4) is 0 Å². The third-order valence-electron chi connectivity index (χ3n) is 2.10. The quantitative estimate of drug-likeness (QED) is 0.682. The van der Waals surface area contributed by atoms with Crippen LogP contribution in [0.15, 0.2) is 18.2 Å². The van der Waals surface area contributed by atoms with Gasteiger partial charge in [0.2, 0.25) is 5.91 Å². The highest BCUT2D eigenvalue weighted by molar-refractivity contribution is 5.97. The monoisotopic (exact) mass is 216 g/mol. The summed E-state index contributed by atoms with van der Waals surface area (Å²) in [7, 11) is 0. The molecule has 1 aromatic carbocycles. The summed E-state index contributed by atoms with van der Waals surface area (Å²) in [4.78, 5) is 11.1. The number of carbonyl (C=O) groups excluding carboxylic acids is 1. The minimum Gasteiger partial charge on any atom is -0.324 e. The largest absolute Gasteiger partial charge is 0.324 e. The maximum absolute atomic E-state index is 12.8. The average Bonchev–Trinajstić information content (AvgIpc) is 2.08. The molecule has 76 valence electrons. The number of nitrogens with two attached hydrogens (primary N) is 1. The first-order chi connectivity index (χ1) is 6.16. The van der Waals surface area contributed by atoms with E-state index in [1.54, 1.807) is 6.07 Å². The third kappa shape index (κ3) is 1.86. The summed E-state index contributed by atoms with van der Waals surface area (Å²) in [6, 6.07) is 3.70. The molecule has 3 N–H and O–H groups in total. The van der Waals surface area contributed by atoms with E-state index >= 15 is 0 Å². The van der Waals surface area contributed by atoms with Crippen molar-refractivity contribution in [2.75, 3.05) is 5.32 Å². The Labute approximate surface area is 86.9 Å². The fourth-order valence-electron chi connectivity index (χ4n) is 1.41. The van der Waals surface area contributed by atoms with Crippen LogP contribution >= 0.6 is 12.4 Å². The van der Waals surface area contributed by atoms with Crippen LogP contribution in [0.4, 0.5) is 10.1 Å². The number of fused-ring (bicyclic) bond motifs is 1. The van der Waals surface area contributed by atoms with Crippen molar-refractivity contribution in [2.24, 2.45) is 5.73 Å². The van der Waals surface area contributed by atoms with Crippen LogP contribution in [0.5, 0.6) is 0 Å². The van der Waals surface area contributed by atoms with Crippen LogP contribution in [0.2, 0.25) is 0 Å². The lowest BCUT2D eigenvalue weighted by atomic mass is 10.00. The first-order valence-electron chi connectivity index (χ1n) is 4.01. The molecule has 0 bridgehead atoms. The molecule has 1 aliphatic heterocycles. The van der Waals surface area contributed by atoms with Crippen molar-refractivity contribution in [1.29, 1.82) is 0 Å². The molecule has 0 radical (unpaired) electrons. The Bertz CT molecular complexity index is 370. The zero-order valence-corrected chi connectivity index (χ0v) is 8.10. The van der Waals surface area contributed by atoms with E-state index in [0.717, 1.165) is 5.56 Å². The van der Waals surface area contributed by atoms with E-state index in [9.17, 15) is 9.18 Å². The van der Waals surface area contributed by atoms with E-state index in [1.165, 1.54) is 12.1 Å². The van der Waals surface area contributed by atoms with Gasteiger partial charge >= 0.3 is 0 Å². The lowest BCUT2D eigenvalue weighted by Crippen LogP contribution is -2.41. The summed E-state index contributed by atoms with van der Waals surface area (Å²) in [5.41, 5.74) is 6.93. The van der Waals surface area contributed by atoms with Crippen LogP contribution in [0, 0.1) is 5.82 Å². The molecule has 2 rings (SSSR count). The average molecular weight is 217 g/mol. The smallest absolute Gasteiger partial charge is 0.241 e. The van der Waals surface area contributed by atoms with Crippen LogP contribution in [0.1, 0.15) is 5.56 Å². The van der Waals surface area contributed by atoms with Crippen LogP contribution in [0.25, 0.3) is 0 Å². The minimum absolute atomic E-state index is 0. The van der Waals surface area contributed by atoms with E-state index in [-0.39, 0.29) is 24.1 Å². The number of amides is 1. The van der Waals surface area contributed by atoms with Crippen molar-refractivity contribution in [3.8, 4) is 0 Å². The van der Waals surface area contributed by atoms with Crippen molar-refractivity contribution in [3.63, 3.8) is 0 Å². The Morgan fingerprint density at radius 2 is 2.21 bits per heavy atom. The molecule has 0 aromatic heterocycles. The van der Waals surface area contributed by atoms with Gasteiger partial charge in [-0.3, -0.25) is 4.79 Å². The van der Waals surface area contributed by atoms with Gasteiger partial charge in [-0.25, -0.2) is 4.39 Å². The minimum atomic E-state index is -0.561. The second-order valence-electron chi connectivity index (χ2n) is 3.10. The number of hydrogen-bond acceptors (Lipinski definition) is 2. The second kappa shape index (κ2) is 3.94. The number of carbonyl (C=O) groups is 1. The zero-order valence-electron chi connectivity index (χ0n) is 7.29. The normalized spacial score (nSPS) is 19.3. The Hall–Kier alpha value is -1.13. The molecule has 3 nitrogen and oxygen atoms in total. The summed E-state index contributed by atoms with van der Waals surface area (Å²) < 4.78 is 12.8. The van der Waals surface area contributed by atoms with E-state index in [1.807, 2.05) is 0 Å². The molecule has 0 saturated carbocycles. The van der Waals surface area contributed by atoms with Crippen molar-refractivity contribution in [1.82, 2.24) is 0 Å². The van der Waals surface area contributed by atoms with Gasteiger partial charge in [0.25, 0.3) is 0 Å².